The van der Waals surface area contributed by atoms with Crippen LogP contribution in [0.15, 0.2) is 0 Å². The van der Waals surface area contributed by atoms with Crippen LogP contribution in [0.1, 0.15) is 13.3 Å². The highest BCUT2D eigenvalue weighted by Crippen LogP contribution is 2.01. The monoisotopic (exact) mass is 214 g/mol. The lowest BCUT2D eigenvalue weighted by atomic mass is 10.2. The number of piperazine rings is 1. The van der Waals surface area contributed by atoms with Crippen molar-refractivity contribution in [2.75, 3.05) is 26.2 Å². The van der Waals surface area contributed by atoms with Crippen molar-refractivity contribution in [3.8, 4) is 0 Å². The number of carbonyl (C=O) groups excluding carboxylic acids is 2. The molecule has 1 heterocycles. The molecule has 3 amide bonds. The van der Waals surface area contributed by atoms with Gasteiger partial charge in [0, 0.05) is 26.2 Å². The summed E-state index contributed by atoms with van der Waals surface area (Å²) in [5, 5.41) is 5.62. The number of urea groups is 1. The average molecular weight is 214 g/mol. The molecule has 1 saturated heterocycles. The van der Waals surface area contributed by atoms with E-state index in [0.717, 1.165) is 13.1 Å². The van der Waals surface area contributed by atoms with Gasteiger partial charge in [0.15, 0.2) is 0 Å². The third-order valence-corrected chi connectivity index (χ3v) is 2.45. The summed E-state index contributed by atoms with van der Waals surface area (Å²) in [6, 6.07) is -1.13. The van der Waals surface area contributed by atoms with Crippen LogP contribution in [0, 0.1) is 0 Å². The largest absolute Gasteiger partial charge is 0.352 e. The van der Waals surface area contributed by atoms with Crippen LogP contribution in [0.2, 0.25) is 0 Å². The molecule has 1 fully saturated rings. The highest BCUT2D eigenvalue weighted by Gasteiger charge is 2.24. The lowest BCUT2D eigenvalue weighted by Gasteiger charge is -2.30. The number of nitrogens with two attached hydrogens (primary N) is 1. The minimum absolute atomic E-state index is 0.0437. The average Bonchev–Trinajstić information content (AvgIpc) is 2.26. The molecule has 0 aliphatic carbocycles. The molecule has 4 N–H and O–H groups in total. The fourth-order valence-electron chi connectivity index (χ4n) is 1.62. The Bertz CT molecular complexity index is 238. The van der Waals surface area contributed by atoms with E-state index in [0.29, 0.717) is 19.5 Å². The van der Waals surface area contributed by atoms with Gasteiger partial charge in [0.25, 0.3) is 0 Å². The minimum Gasteiger partial charge on any atom is -0.352 e. The highest BCUT2D eigenvalue weighted by molar-refractivity contribution is 5.86. The summed E-state index contributed by atoms with van der Waals surface area (Å²) >= 11 is 0. The maximum Gasteiger partial charge on any atom is 0.312 e. The van der Waals surface area contributed by atoms with Crippen LogP contribution in [0.4, 0.5) is 4.79 Å². The van der Waals surface area contributed by atoms with E-state index in [1.165, 1.54) is 0 Å². The molecule has 0 saturated carbocycles. The number of nitrogens with one attached hydrogen (secondary N) is 2. The number of hydrogen-bond acceptors (Lipinski definition) is 3. The molecule has 6 nitrogen and oxygen atoms in total. The van der Waals surface area contributed by atoms with Crippen LogP contribution in [-0.4, -0.2) is 49.1 Å². The summed E-state index contributed by atoms with van der Waals surface area (Å²) < 4.78 is 0. The first-order valence-electron chi connectivity index (χ1n) is 5.20. The summed E-state index contributed by atoms with van der Waals surface area (Å²) in [6.45, 7) is 4.84. The van der Waals surface area contributed by atoms with E-state index in [1.54, 1.807) is 4.90 Å². The van der Waals surface area contributed by atoms with E-state index in [1.807, 2.05) is 6.92 Å². The Morgan fingerprint density at radius 3 is 2.53 bits per heavy atom. The van der Waals surface area contributed by atoms with Gasteiger partial charge in [0.05, 0.1) is 0 Å². The molecular formula is C9H18N4O2. The van der Waals surface area contributed by atoms with Crippen molar-refractivity contribution >= 4 is 11.9 Å². The minimum atomic E-state index is -0.648. The Labute approximate surface area is 89.2 Å². The Morgan fingerprint density at radius 1 is 1.47 bits per heavy atom. The van der Waals surface area contributed by atoms with E-state index in [-0.39, 0.29) is 5.91 Å². The summed E-state index contributed by atoms with van der Waals surface area (Å²) in [6.07, 6.45) is 0.561. The maximum absolute atomic E-state index is 11.9. The van der Waals surface area contributed by atoms with Crippen molar-refractivity contribution < 1.29 is 9.59 Å². The molecular weight excluding hydrogens is 196 g/mol. The molecule has 0 aromatic carbocycles. The van der Waals surface area contributed by atoms with Gasteiger partial charge in [-0.1, -0.05) is 6.92 Å². The van der Waals surface area contributed by atoms with Gasteiger partial charge in [0.1, 0.15) is 6.04 Å². The molecule has 86 valence electrons. The van der Waals surface area contributed by atoms with E-state index >= 15 is 0 Å². The SMILES string of the molecule is CCC(NC(N)=O)C(=O)N1CCNCC1. The summed E-state index contributed by atoms with van der Waals surface area (Å²) in [5.74, 6) is -0.0437. The number of nitrogens with zero attached hydrogens (tertiary/aromatic N) is 1. The smallest absolute Gasteiger partial charge is 0.312 e. The fraction of sp³-hybridized carbons (Fsp3) is 0.778. The second kappa shape index (κ2) is 5.55. The van der Waals surface area contributed by atoms with Crippen molar-refractivity contribution in [2.45, 2.75) is 19.4 Å². The van der Waals surface area contributed by atoms with Gasteiger partial charge < -0.3 is 21.3 Å². The van der Waals surface area contributed by atoms with Gasteiger partial charge in [-0.25, -0.2) is 4.79 Å². The first-order chi connectivity index (χ1) is 7.15. The standard InChI is InChI=1S/C9H18N4O2/c1-2-7(12-9(10)15)8(14)13-5-3-11-4-6-13/h7,11H,2-6H2,1H3,(H3,10,12,15). The molecule has 0 radical (unpaired) electrons. The van der Waals surface area contributed by atoms with Crippen LogP contribution >= 0.6 is 0 Å². The quantitative estimate of drug-likeness (QED) is 0.555. The number of rotatable bonds is 3. The first-order valence-corrected chi connectivity index (χ1v) is 5.20. The van der Waals surface area contributed by atoms with Crippen LogP contribution in [0.3, 0.4) is 0 Å². The lowest BCUT2D eigenvalue weighted by Crippen LogP contribution is -2.54. The van der Waals surface area contributed by atoms with Crippen LogP contribution in [0.5, 0.6) is 0 Å². The molecule has 6 heteroatoms. The Kier molecular flexibility index (Phi) is 4.36. The Balaban J connectivity index is 2.50. The predicted molar refractivity (Wildman–Crippen MR) is 56.2 cm³/mol. The molecule has 1 rings (SSSR count). The van der Waals surface area contributed by atoms with Gasteiger partial charge in [-0.15, -0.1) is 0 Å². The van der Waals surface area contributed by atoms with Gasteiger partial charge in [-0.3, -0.25) is 4.79 Å². The molecule has 0 aromatic heterocycles. The normalized spacial score (nSPS) is 18.3. The van der Waals surface area contributed by atoms with Crippen LogP contribution < -0.4 is 16.4 Å². The summed E-state index contributed by atoms with van der Waals surface area (Å²) in [7, 11) is 0. The highest BCUT2D eigenvalue weighted by atomic mass is 16.2. The predicted octanol–water partition coefficient (Wildman–Crippen LogP) is -1.13. The van der Waals surface area contributed by atoms with E-state index < -0.39 is 12.1 Å². The molecule has 0 aromatic rings. The number of amides is 3. The van der Waals surface area contributed by atoms with E-state index in [2.05, 4.69) is 10.6 Å². The van der Waals surface area contributed by atoms with Crippen LogP contribution in [0.25, 0.3) is 0 Å². The van der Waals surface area contributed by atoms with Gasteiger partial charge >= 0.3 is 6.03 Å². The van der Waals surface area contributed by atoms with Crippen molar-refractivity contribution in [1.82, 2.24) is 15.5 Å². The second-order valence-corrected chi connectivity index (χ2v) is 3.54. The molecule has 1 unspecified atom stereocenters. The molecule has 1 atom stereocenters. The van der Waals surface area contributed by atoms with E-state index in [4.69, 9.17) is 5.73 Å². The molecule has 0 spiro atoms. The topological polar surface area (TPSA) is 87.5 Å². The Hall–Kier alpha value is -1.30. The molecule has 1 aliphatic rings. The van der Waals surface area contributed by atoms with Crippen LogP contribution in [-0.2, 0) is 4.79 Å². The third kappa shape index (κ3) is 3.39. The lowest BCUT2D eigenvalue weighted by molar-refractivity contribution is -0.133. The number of hydrogen-bond donors (Lipinski definition) is 3. The zero-order chi connectivity index (χ0) is 11.3. The molecule has 15 heavy (non-hydrogen) atoms. The van der Waals surface area contributed by atoms with Crippen molar-refractivity contribution in [3.63, 3.8) is 0 Å². The van der Waals surface area contributed by atoms with Crippen molar-refractivity contribution in [3.05, 3.63) is 0 Å². The number of carbonyl (C=O) groups is 2. The number of primary amides is 1. The molecule has 1 aliphatic heterocycles. The van der Waals surface area contributed by atoms with Gasteiger partial charge in [0.2, 0.25) is 5.91 Å². The summed E-state index contributed by atoms with van der Waals surface area (Å²) in [5.41, 5.74) is 5.00. The maximum atomic E-state index is 11.9. The summed E-state index contributed by atoms with van der Waals surface area (Å²) in [4.78, 5) is 24.3. The third-order valence-electron chi connectivity index (χ3n) is 2.45. The van der Waals surface area contributed by atoms with Gasteiger partial charge in [-0.2, -0.15) is 0 Å². The van der Waals surface area contributed by atoms with Crippen molar-refractivity contribution in [1.29, 1.82) is 0 Å². The zero-order valence-electron chi connectivity index (χ0n) is 8.95. The zero-order valence-corrected chi connectivity index (χ0v) is 8.95. The van der Waals surface area contributed by atoms with Crippen molar-refractivity contribution in [2.24, 2.45) is 5.73 Å². The fourth-order valence-corrected chi connectivity index (χ4v) is 1.62. The van der Waals surface area contributed by atoms with E-state index in [9.17, 15) is 9.59 Å². The second-order valence-electron chi connectivity index (χ2n) is 3.54. The Morgan fingerprint density at radius 2 is 2.07 bits per heavy atom. The first kappa shape index (κ1) is 11.8. The van der Waals surface area contributed by atoms with Gasteiger partial charge in [-0.05, 0) is 6.42 Å². The molecule has 0 bridgehead atoms.